The van der Waals surface area contributed by atoms with Crippen LogP contribution in [0.25, 0.3) is 0 Å². The minimum Gasteiger partial charge on any atom is 2.00 e. The number of hydrogen-bond acceptors (Lipinski definition) is 0. The molecular formula is Cl4NiSr. The standard InChI is InChI=1S/4ClH.Ni.Sr/h4*1H;;/q;;;;2*+2/p-4. The van der Waals surface area contributed by atoms with E-state index >= 15 is 0 Å². The molecule has 6 heavy (non-hydrogen) atoms. The summed E-state index contributed by atoms with van der Waals surface area (Å²) in [6.45, 7) is 0. The molecule has 6 heteroatoms. The molecule has 0 N–H and O–H groups in total. The zero-order valence-corrected chi connectivity index (χ0v) is 10.0. The predicted octanol–water partition coefficient (Wildman–Crippen LogP) is -5.00. The van der Waals surface area contributed by atoms with Crippen molar-refractivity contribution in [3.63, 3.8) is 0 Å². The first kappa shape index (κ1) is 22.9. The van der Waals surface area contributed by atoms with Gasteiger partial charge < -0.3 is 24.8 Å². The van der Waals surface area contributed by atoms with Gasteiger partial charge in [0.2, 0.25) is 0 Å². The molecule has 0 aromatic heterocycles. The van der Waals surface area contributed by atoms with Crippen molar-refractivity contribution in [3.05, 3.63) is 0 Å². The maximum absolute atomic E-state index is 4.70. The van der Waals surface area contributed by atoms with Crippen LogP contribution in [0, 0.1) is 0 Å². The van der Waals surface area contributed by atoms with Crippen molar-refractivity contribution in [2.24, 2.45) is 0 Å². The van der Waals surface area contributed by atoms with Crippen LogP contribution in [-0.4, -0.2) is 45.5 Å². The summed E-state index contributed by atoms with van der Waals surface area (Å²) >= 11 is 0.569. The van der Waals surface area contributed by atoms with Crippen molar-refractivity contribution in [3.8, 4) is 0 Å². The van der Waals surface area contributed by atoms with Crippen molar-refractivity contribution in [2.45, 2.75) is 0 Å². The average Bonchev–Trinajstić information content (AvgIpc) is 0.918. The third kappa shape index (κ3) is 27.3. The average molecular weight is 288 g/mol. The van der Waals surface area contributed by atoms with Gasteiger partial charge in [-0.25, -0.2) is 0 Å². The van der Waals surface area contributed by atoms with Gasteiger partial charge in [-0.05, 0) is 0 Å². The predicted molar refractivity (Wildman–Crippen MR) is 17.5 cm³/mol. The molecule has 0 aromatic carbocycles. The third-order valence-corrected chi connectivity index (χ3v) is 0. The topological polar surface area (TPSA) is 0 Å². The van der Waals surface area contributed by atoms with Crippen LogP contribution >= 0.6 is 20.4 Å². The van der Waals surface area contributed by atoms with Gasteiger partial charge in [-0.15, -0.1) is 0 Å². The van der Waals surface area contributed by atoms with E-state index in [2.05, 4.69) is 0 Å². The minimum absolute atomic E-state index is 0. The Morgan fingerprint density at radius 1 is 1.00 bits per heavy atom. The van der Waals surface area contributed by atoms with E-state index in [0.717, 1.165) is 0 Å². The molecule has 40 valence electrons. The van der Waals surface area contributed by atoms with Crippen LogP contribution in [0.2, 0.25) is 0 Å². The van der Waals surface area contributed by atoms with Crippen LogP contribution in [0.15, 0.2) is 0 Å². The van der Waals surface area contributed by atoms with E-state index < -0.39 is 0 Å². The molecule has 0 aliphatic carbocycles. The van der Waals surface area contributed by atoms with Crippen LogP contribution in [0.3, 0.4) is 0 Å². The van der Waals surface area contributed by atoms with Gasteiger partial charge in [-0.2, -0.15) is 0 Å². The zero-order chi connectivity index (χ0) is 2.71. The first-order valence-corrected chi connectivity index (χ1v) is 2.96. The monoisotopic (exact) mass is 286 g/mol. The molecule has 0 bridgehead atoms. The first-order valence-electron chi connectivity index (χ1n) is 0.239. The van der Waals surface area contributed by atoms with Crippen molar-refractivity contribution >= 4 is 65.9 Å². The Kier molecular flexibility index (Phi) is 92.6. The molecule has 0 aliphatic rings. The molecule has 0 rings (SSSR count). The molecule has 0 aromatic rings. The third-order valence-electron chi connectivity index (χ3n) is 0. The summed E-state index contributed by atoms with van der Waals surface area (Å²) in [4.78, 5) is 0. The van der Waals surface area contributed by atoms with Crippen molar-refractivity contribution in [1.29, 1.82) is 0 Å². The van der Waals surface area contributed by atoms with Gasteiger partial charge in [-0.3, -0.25) is 0 Å². The van der Waals surface area contributed by atoms with Crippen LogP contribution in [0.4, 0.5) is 0 Å². The SMILES string of the molecule is [Cl-].[Cl-].[Cl][Ni][Cl].[Sr+2]. The van der Waals surface area contributed by atoms with E-state index in [1.807, 2.05) is 0 Å². The number of rotatable bonds is 0. The summed E-state index contributed by atoms with van der Waals surface area (Å²) in [5, 5.41) is 0. The van der Waals surface area contributed by atoms with Gasteiger partial charge in [0.1, 0.15) is 0 Å². The fraction of sp³-hybridized carbons (Fsp3) is 0. The second kappa shape index (κ2) is 24.2. The zero-order valence-electron chi connectivity index (χ0n) is 2.54. The Morgan fingerprint density at radius 2 is 1.00 bits per heavy atom. The summed E-state index contributed by atoms with van der Waals surface area (Å²) in [6, 6.07) is 0. The molecule has 0 amide bonds. The first-order chi connectivity index (χ1) is 1.41. The smallest absolute Gasteiger partial charge is 2.00 e. The molecule has 0 spiro atoms. The Hall–Kier alpha value is 3.13. The number of halogens is 4. The molecule has 0 nitrogen and oxygen atoms in total. The van der Waals surface area contributed by atoms with Crippen molar-refractivity contribution in [2.75, 3.05) is 0 Å². The molecule has 0 atom stereocenters. The van der Waals surface area contributed by atoms with Crippen LogP contribution in [0.1, 0.15) is 0 Å². The molecule has 0 saturated heterocycles. The summed E-state index contributed by atoms with van der Waals surface area (Å²) in [7, 11) is 9.40. The van der Waals surface area contributed by atoms with Gasteiger partial charge in [0.15, 0.2) is 0 Å². The fourth-order valence-electron chi connectivity index (χ4n) is 0. The summed E-state index contributed by atoms with van der Waals surface area (Å²) < 4.78 is 0. The summed E-state index contributed by atoms with van der Waals surface area (Å²) in [6.07, 6.45) is 0. The minimum atomic E-state index is 0. The van der Waals surface area contributed by atoms with Gasteiger partial charge in [0.25, 0.3) is 0 Å². The summed E-state index contributed by atoms with van der Waals surface area (Å²) in [5.41, 5.74) is 0. The van der Waals surface area contributed by atoms with Crippen LogP contribution in [-0.2, 0) is 12.7 Å². The van der Waals surface area contributed by atoms with E-state index in [1.54, 1.807) is 0 Å². The molecule has 0 radical (unpaired) electrons. The van der Waals surface area contributed by atoms with Gasteiger partial charge in [-0.1, -0.05) is 0 Å². The molecule has 0 aliphatic heterocycles. The number of hydrogen-bond donors (Lipinski definition) is 0. The molecule has 0 unspecified atom stereocenters. The van der Waals surface area contributed by atoms with Crippen molar-refractivity contribution < 1.29 is 37.5 Å². The van der Waals surface area contributed by atoms with E-state index in [0.29, 0.717) is 12.7 Å². The Morgan fingerprint density at radius 3 is 1.00 bits per heavy atom. The van der Waals surface area contributed by atoms with E-state index in [-0.39, 0.29) is 70.3 Å². The van der Waals surface area contributed by atoms with E-state index in [4.69, 9.17) is 20.4 Å². The van der Waals surface area contributed by atoms with Gasteiger partial charge in [0, 0.05) is 0 Å². The Labute approximate surface area is 101 Å². The maximum Gasteiger partial charge on any atom is 2.00 e. The quantitative estimate of drug-likeness (QED) is 0.392. The van der Waals surface area contributed by atoms with Crippen LogP contribution < -0.4 is 24.8 Å². The van der Waals surface area contributed by atoms with Gasteiger partial charge >= 0.3 is 78.5 Å². The van der Waals surface area contributed by atoms with Crippen LogP contribution in [0.5, 0.6) is 0 Å². The molecule has 0 fully saturated rings. The van der Waals surface area contributed by atoms with E-state index in [9.17, 15) is 0 Å². The van der Waals surface area contributed by atoms with Gasteiger partial charge in [0.05, 0.1) is 0 Å². The van der Waals surface area contributed by atoms with Crippen molar-refractivity contribution in [1.82, 2.24) is 0 Å². The molecular weight excluding hydrogens is 288 g/mol. The Balaban J connectivity index is -0.00000000667. The Bertz CT molecular complexity index is 7.51. The fourth-order valence-corrected chi connectivity index (χ4v) is 0. The summed E-state index contributed by atoms with van der Waals surface area (Å²) in [5.74, 6) is 0. The molecule has 0 heterocycles. The second-order valence-electron chi connectivity index (χ2n) is 0.0452. The normalized spacial score (nSPS) is 3.67. The maximum atomic E-state index is 4.70. The second-order valence-corrected chi connectivity index (χ2v) is 1.68. The molecule has 0 saturated carbocycles. The van der Waals surface area contributed by atoms with E-state index in [1.165, 1.54) is 0 Å². The largest absolute Gasteiger partial charge is 2.00 e.